The van der Waals surface area contributed by atoms with Crippen molar-refractivity contribution >= 4 is 16.0 Å². The van der Waals surface area contributed by atoms with E-state index >= 15 is 0 Å². The number of allylic oxidation sites excluding steroid dienone is 1. The van der Waals surface area contributed by atoms with Crippen molar-refractivity contribution in [2.75, 3.05) is 13.2 Å². The molecule has 20 heavy (non-hydrogen) atoms. The zero-order valence-corrected chi connectivity index (χ0v) is 13.7. The average Bonchev–Trinajstić information content (AvgIpc) is 2.65. The first-order valence-electron chi connectivity index (χ1n) is 6.76. The monoisotopic (exact) mass is 303 g/mol. The molecule has 1 aliphatic heterocycles. The van der Waals surface area contributed by atoms with Gasteiger partial charge >= 0.3 is 7.40 Å². The van der Waals surface area contributed by atoms with Crippen LogP contribution < -0.4 is 0 Å². The number of nitrogens with zero attached hydrogens (tertiary/aromatic N) is 1. The lowest BCUT2D eigenvalue weighted by molar-refractivity contribution is -0.147. The lowest BCUT2D eigenvalue weighted by Crippen LogP contribution is -2.49. The zero-order valence-electron chi connectivity index (χ0n) is 13.8. The molecule has 2 atom stereocenters. The summed E-state index contributed by atoms with van der Waals surface area (Å²) < 4.78 is 30.3. The Morgan fingerprint density at radius 2 is 2.15 bits per heavy atom. The van der Waals surface area contributed by atoms with Crippen LogP contribution in [0.25, 0.3) is 0 Å². The van der Waals surface area contributed by atoms with Gasteiger partial charge in [0.05, 0.1) is 6.61 Å². The molecule has 1 fully saturated rings. The van der Waals surface area contributed by atoms with Gasteiger partial charge in [0.25, 0.3) is 0 Å². The van der Waals surface area contributed by atoms with E-state index in [2.05, 4.69) is 6.92 Å². The maximum atomic E-state index is 12.6. The minimum absolute atomic E-state index is 0. The summed E-state index contributed by atoms with van der Waals surface area (Å²) in [6.45, 7) is 12.6. The Hall–Kier alpha value is -0.880. The standard InChI is InChI=1S/C14H24NO4S/c1-7-11-9-15(20(17,18)14(4,5)6)12(10(11)3)13(16)19-8-2/h7,10,12H,4,8-9H2,1-3,5-6H3/q-1/p+1/b11-7+/t10-,12+/m1/s1. The molecule has 0 unspecified atom stereocenters. The zero-order chi connectivity index (χ0) is 15.7. The van der Waals surface area contributed by atoms with Gasteiger partial charge in [-0.3, -0.25) is 4.79 Å². The molecule has 0 amide bonds. The predicted molar refractivity (Wildman–Crippen MR) is 79.5 cm³/mol. The Labute approximate surface area is 123 Å². The highest BCUT2D eigenvalue weighted by Gasteiger charge is 2.48. The van der Waals surface area contributed by atoms with Crippen molar-refractivity contribution in [1.29, 1.82) is 0 Å². The van der Waals surface area contributed by atoms with Crippen LogP contribution in [0.1, 0.15) is 36.0 Å². The summed E-state index contributed by atoms with van der Waals surface area (Å²) >= 11 is 0. The number of sulfonamides is 1. The molecule has 116 valence electrons. The Bertz CT molecular complexity index is 508. The Morgan fingerprint density at radius 3 is 2.55 bits per heavy atom. The molecular weight excluding hydrogens is 278 g/mol. The fourth-order valence-electron chi connectivity index (χ4n) is 2.33. The van der Waals surface area contributed by atoms with Crippen LogP contribution in [0.2, 0.25) is 0 Å². The molecule has 5 nitrogen and oxygen atoms in total. The van der Waals surface area contributed by atoms with E-state index in [1.807, 2.05) is 19.9 Å². The van der Waals surface area contributed by atoms with Crippen molar-refractivity contribution in [2.24, 2.45) is 5.92 Å². The number of ether oxygens (including phenoxy) is 1. The number of carbonyl (C=O) groups is 1. The van der Waals surface area contributed by atoms with E-state index in [1.54, 1.807) is 6.92 Å². The van der Waals surface area contributed by atoms with E-state index in [-0.39, 0.29) is 20.5 Å². The van der Waals surface area contributed by atoms with Gasteiger partial charge in [-0.2, -0.15) is 4.31 Å². The third-order valence-electron chi connectivity index (χ3n) is 3.61. The lowest BCUT2D eigenvalue weighted by atomic mass is 9.98. The van der Waals surface area contributed by atoms with Gasteiger partial charge in [0.15, 0.2) is 10.0 Å². The van der Waals surface area contributed by atoms with Crippen LogP contribution in [0, 0.1) is 12.8 Å². The van der Waals surface area contributed by atoms with Gasteiger partial charge in [-0.1, -0.05) is 32.4 Å². The second-order valence-corrected chi connectivity index (χ2v) is 8.18. The first-order chi connectivity index (χ1) is 9.07. The molecule has 0 aromatic carbocycles. The maximum absolute atomic E-state index is 12.6. The summed E-state index contributed by atoms with van der Waals surface area (Å²) in [5.74, 6) is -0.680. The quantitative estimate of drug-likeness (QED) is 0.452. The molecular formula is C14H25NO4S. The summed E-state index contributed by atoms with van der Waals surface area (Å²) in [6.07, 6.45) is 1.86. The second kappa shape index (κ2) is 5.85. The predicted octanol–water partition coefficient (Wildman–Crippen LogP) is 1.87. The minimum atomic E-state index is -3.68. The van der Waals surface area contributed by atoms with Crippen LogP contribution in [0.3, 0.4) is 0 Å². The van der Waals surface area contributed by atoms with Gasteiger partial charge in [-0.05, 0) is 18.6 Å². The van der Waals surface area contributed by atoms with E-state index in [0.717, 1.165) is 5.57 Å². The molecule has 1 aliphatic rings. The van der Waals surface area contributed by atoms with Crippen LogP contribution in [0.4, 0.5) is 0 Å². The van der Waals surface area contributed by atoms with Gasteiger partial charge < -0.3 is 11.7 Å². The van der Waals surface area contributed by atoms with Crippen molar-refractivity contribution in [3.8, 4) is 0 Å². The van der Waals surface area contributed by atoms with Crippen molar-refractivity contribution in [2.45, 2.75) is 45.4 Å². The molecule has 0 aromatic rings. The molecule has 0 bridgehead atoms. The van der Waals surface area contributed by atoms with E-state index in [9.17, 15) is 13.2 Å². The van der Waals surface area contributed by atoms with Gasteiger partial charge in [-0.15, -0.1) is 0 Å². The fourth-order valence-corrected chi connectivity index (χ4v) is 3.85. The highest BCUT2D eigenvalue weighted by atomic mass is 32.2. The smallest absolute Gasteiger partial charge is 0.465 e. The molecule has 1 heterocycles. The minimum Gasteiger partial charge on any atom is -0.465 e. The van der Waals surface area contributed by atoms with E-state index in [4.69, 9.17) is 4.74 Å². The molecule has 0 N–H and O–H groups in total. The number of hydrogen-bond donors (Lipinski definition) is 0. The third-order valence-corrected chi connectivity index (χ3v) is 5.98. The normalized spacial score (nSPS) is 27.0. The first kappa shape index (κ1) is 17.2. The summed E-state index contributed by atoms with van der Waals surface area (Å²) in [5.41, 5.74) is 0.927. The number of esters is 1. The van der Waals surface area contributed by atoms with Gasteiger partial charge in [0.2, 0.25) is 0 Å². The van der Waals surface area contributed by atoms with Gasteiger partial charge in [0, 0.05) is 12.5 Å². The molecule has 1 saturated heterocycles. The maximum Gasteiger partial charge on any atom is 1.00 e. The number of carbonyl (C=O) groups excluding carboxylic acids is 1. The van der Waals surface area contributed by atoms with Crippen molar-refractivity contribution in [3.05, 3.63) is 18.6 Å². The molecule has 1 rings (SSSR count). The third kappa shape index (κ3) is 2.91. The Morgan fingerprint density at radius 1 is 1.60 bits per heavy atom. The summed E-state index contributed by atoms with van der Waals surface area (Å²) in [4.78, 5) is 12.1. The molecule has 0 spiro atoms. The summed E-state index contributed by atoms with van der Waals surface area (Å²) in [7, 11) is -3.68. The SMILES string of the molecule is [CH2-]C(C)(C)S(=O)(=O)N1C/C(=C\C)[C@@H](C)[C@H]1C(=O)OCC.[H+]. The molecule has 6 heteroatoms. The Kier molecular flexibility index (Phi) is 5.03. The fraction of sp³-hybridized carbons (Fsp3) is 0.714. The number of rotatable bonds is 4. The summed E-state index contributed by atoms with van der Waals surface area (Å²) in [5, 5.41) is 0. The van der Waals surface area contributed by atoms with Crippen molar-refractivity contribution < 1.29 is 19.4 Å². The Balaban J connectivity index is 0.00000400. The second-order valence-electron chi connectivity index (χ2n) is 5.66. The highest BCUT2D eigenvalue weighted by molar-refractivity contribution is 7.90. The van der Waals surface area contributed by atoms with Crippen molar-refractivity contribution in [3.63, 3.8) is 0 Å². The molecule has 0 aromatic heterocycles. The van der Waals surface area contributed by atoms with Crippen LogP contribution >= 0.6 is 0 Å². The van der Waals surface area contributed by atoms with E-state index in [1.165, 1.54) is 18.2 Å². The van der Waals surface area contributed by atoms with Gasteiger partial charge in [-0.25, -0.2) is 8.42 Å². The van der Waals surface area contributed by atoms with E-state index < -0.39 is 26.8 Å². The van der Waals surface area contributed by atoms with Crippen LogP contribution in [-0.2, 0) is 19.6 Å². The molecule has 0 radical (unpaired) electrons. The van der Waals surface area contributed by atoms with Crippen LogP contribution in [-0.4, -0.2) is 42.6 Å². The van der Waals surface area contributed by atoms with Crippen LogP contribution in [0.15, 0.2) is 11.6 Å². The highest BCUT2D eigenvalue weighted by Crippen LogP contribution is 2.35. The van der Waals surface area contributed by atoms with Gasteiger partial charge in [0.1, 0.15) is 6.04 Å². The molecule has 0 aliphatic carbocycles. The topological polar surface area (TPSA) is 63.7 Å². The largest absolute Gasteiger partial charge is 1.00 e. The first-order valence-corrected chi connectivity index (χ1v) is 8.20. The lowest BCUT2D eigenvalue weighted by Gasteiger charge is -2.34. The molecule has 0 saturated carbocycles. The van der Waals surface area contributed by atoms with Crippen molar-refractivity contribution in [1.82, 2.24) is 4.31 Å². The summed E-state index contributed by atoms with van der Waals surface area (Å²) in [6, 6.07) is -0.799. The van der Waals surface area contributed by atoms with E-state index in [0.29, 0.717) is 0 Å². The van der Waals surface area contributed by atoms with Crippen LogP contribution in [0.5, 0.6) is 0 Å². The average molecular weight is 303 g/mol. The number of hydrogen-bond acceptors (Lipinski definition) is 4.